The second-order valence-corrected chi connectivity index (χ2v) is 7.79. The Balaban J connectivity index is 1.70. The van der Waals surface area contributed by atoms with Gasteiger partial charge in [0.2, 0.25) is 5.91 Å². The van der Waals surface area contributed by atoms with Crippen LogP contribution in [0.15, 0.2) is 53.9 Å². The van der Waals surface area contributed by atoms with Gasteiger partial charge in [-0.25, -0.2) is 4.98 Å². The predicted octanol–water partition coefficient (Wildman–Crippen LogP) is 4.18. The average molecular weight is 455 g/mol. The maximum absolute atomic E-state index is 12.7. The maximum Gasteiger partial charge on any atom is 0.308 e. The first kappa shape index (κ1) is 23.3. The van der Waals surface area contributed by atoms with Gasteiger partial charge in [-0.2, -0.15) is 0 Å². The first-order chi connectivity index (χ1) is 15.5. The van der Waals surface area contributed by atoms with Crippen LogP contribution in [0.1, 0.15) is 30.6 Å². The lowest BCUT2D eigenvalue weighted by molar-refractivity contribution is -0.143. The number of thiazole rings is 1. The van der Waals surface area contributed by atoms with Gasteiger partial charge in [0.25, 0.3) is 0 Å². The average Bonchev–Trinajstić information content (AvgIpc) is 3.27. The van der Waals surface area contributed by atoms with E-state index >= 15 is 0 Å². The van der Waals surface area contributed by atoms with Crippen LogP contribution in [0.25, 0.3) is 10.6 Å². The quantitative estimate of drug-likeness (QED) is 0.463. The third kappa shape index (κ3) is 6.07. The highest BCUT2D eigenvalue weighted by molar-refractivity contribution is 7.13. The summed E-state index contributed by atoms with van der Waals surface area (Å²) >= 11 is 1.45. The summed E-state index contributed by atoms with van der Waals surface area (Å²) in [5, 5.41) is 5.58. The van der Waals surface area contributed by atoms with E-state index in [1.54, 1.807) is 21.1 Å². The number of esters is 1. The number of nitrogens with one attached hydrogen (secondary N) is 1. The Hall–Kier alpha value is -3.39. The number of ether oxygens (including phenoxy) is 3. The molecule has 1 amide bonds. The van der Waals surface area contributed by atoms with E-state index in [4.69, 9.17) is 14.2 Å². The van der Waals surface area contributed by atoms with Crippen molar-refractivity contribution in [2.24, 2.45) is 0 Å². The van der Waals surface area contributed by atoms with Crippen molar-refractivity contribution in [2.75, 3.05) is 20.8 Å². The van der Waals surface area contributed by atoms with Crippen LogP contribution in [0.4, 0.5) is 0 Å². The van der Waals surface area contributed by atoms with Crippen LogP contribution < -0.4 is 14.8 Å². The molecular formula is C24H26N2O5S. The minimum Gasteiger partial charge on any atom is -0.493 e. The van der Waals surface area contributed by atoms with Gasteiger partial charge in [0.1, 0.15) is 5.01 Å². The minimum atomic E-state index is -0.466. The Labute approximate surface area is 191 Å². The molecule has 3 aromatic rings. The van der Waals surface area contributed by atoms with Gasteiger partial charge < -0.3 is 19.5 Å². The number of amides is 1. The second-order valence-electron chi connectivity index (χ2n) is 6.93. The van der Waals surface area contributed by atoms with Crippen LogP contribution in [0, 0.1) is 0 Å². The van der Waals surface area contributed by atoms with Gasteiger partial charge in [-0.05, 0) is 30.7 Å². The molecule has 32 heavy (non-hydrogen) atoms. The van der Waals surface area contributed by atoms with Crippen molar-refractivity contribution in [1.29, 1.82) is 0 Å². The Kier molecular flexibility index (Phi) is 8.21. The molecule has 0 aliphatic heterocycles. The normalized spacial score (nSPS) is 11.5. The summed E-state index contributed by atoms with van der Waals surface area (Å²) in [5.41, 5.74) is 2.38. The molecule has 8 heteroatoms. The molecule has 0 fully saturated rings. The number of methoxy groups -OCH3 is 2. The predicted molar refractivity (Wildman–Crippen MR) is 123 cm³/mol. The summed E-state index contributed by atoms with van der Waals surface area (Å²) < 4.78 is 15.7. The van der Waals surface area contributed by atoms with Crippen molar-refractivity contribution in [1.82, 2.24) is 10.3 Å². The number of hydrogen-bond acceptors (Lipinski definition) is 7. The van der Waals surface area contributed by atoms with Crippen molar-refractivity contribution in [2.45, 2.75) is 25.8 Å². The number of carbonyl (C=O) groups is 2. The molecule has 168 valence electrons. The zero-order chi connectivity index (χ0) is 22.9. The Bertz CT molecular complexity index is 1050. The lowest BCUT2D eigenvalue weighted by Crippen LogP contribution is -2.31. The molecule has 1 unspecified atom stereocenters. The maximum atomic E-state index is 12.7. The Morgan fingerprint density at radius 2 is 1.81 bits per heavy atom. The van der Waals surface area contributed by atoms with Crippen molar-refractivity contribution in [3.05, 3.63) is 65.2 Å². The third-order valence-electron chi connectivity index (χ3n) is 4.74. The van der Waals surface area contributed by atoms with Crippen LogP contribution >= 0.6 is 11.3 Å². The molecule has 1 atom stereocenters. The van der Waals surface area contributed by atoms with Gasteiger partial charge in [-0.1, -0.05) is 30.3 Å². The molecule has 1 aromatic heterocycles. The van der Waals surface area contributed by atoms with E-state index in [9.17, 15) is 9.59 Å². The van der Waals surface area contributed by atoms with E-state index in [-0.39, 0.29) is 24.7 Å². The number of benzene rings is 2. The van der Waals surface area contributed by atoms with Crippen molar-refractivity contribution in [3.63, 3.8) is 0 Å². The van der Waals surface area contributed by atoms with Crippen LogP contribution in [0.5, 0.6) is 11.5 Å². The third-order valence-corrected chi connectivity index (χ3v) is 5.68. The van der Waals surface area contributed by atoms with Crippen molar-refractivity contribution >= 4 is 23.2 Å². The number of aromatic nitrogens is 1. The highest BCUT2D eigenvalue weighted by Crippen LogP contribution is 2.33. The van der Waals surface area contributed by atoms with E-state index in [0.717, 1.165) is 16.1 Å². The monoisotopic (exact) mass is 454 g/mol. The highest BCUT2D eigenvalue weighted by Gasteiger charge is 2.20. The molecule has 3 rings (SSSR count). The van der Waals surface area contributed by atoms with Gasteiger partial charge in [0.05, 0.1) is 45.4 Å². The van der Waals surface area contributed by atoms with Crippen LogP contribution in [0.3, 0.4) is 0 Å². The summed E-state index contributed by atoms with van der Waals surface area (Å²) in [7, 11) is 3.17. The molecule has 0 radical (unpaired) electrons. The van der Waals surface area contributed by atoms with Crippen LogP contribution in [-0.4, -0.2) is 37.7 Å². The van der Waals surface area contributed by atoms with Crippen molar-refractivity contribution in [3.8, 4) is 22.1 Å². The fourth-order valence-corrected chi connectivity index (χ4v) is 4.04. The summed E-state index contributed by atoms with van der Waals surface area (Å²) in [5.74, 6) is 0.684. The number of rotatable bonds is 10. The molecule has 7 nitrogen and oxygen atoms in total. The molecule has 1 heterocycles. The van der Waals surface area contributed by atoms with E-state index in [1.807, 2.05) is 53.9 Å². The number of nitrogens with zero attached hydrogens (tertiary/aromatic N) is 1. The van der Waals surface area contributed by atoms with E-state index in [0.29, 0.717) is 23.8 Å². The van der Waals surface area contributed by atoms with Crippen molar-refractivity contribution < 1.29 is 23.8 Å². The summed E-state index contributed by atoms with van der Waals surface area (Å²) in [4.78, 5) is 29.3. The van der Waals surface area contributed by atoms with Crippen LogP contribution in [-0.2, 0) is 20.7 Å². The molecule has 2 aromatic carbocycles. The summed E-state index contributed by atoms with van der Waals surface area (Å²) in [6.45, 7) is 2.05. The van der Waals surface area contributed by atoms with E-state index in [1.165, 1.54) is 11.3 Å². The molecular weight excluding hydrogens is 428 g/mol. The van der Waals surface area contributed by atoms with Gasteiger partial charge in [-0.3, -0.25) is 9.59 Å². The SMILES string of the molecule is CCOC(=O)CC(NC(=O)Cc1csc(-c2ccc(OC)c(OC)c2)n1)c1ccccc1. The fourth-order valence-electron chi connectivity index (χ4n) is 3.22. The topological polar surface area (TPSA) is 86.8 Å². The van der Waals surface area contributed by atoms with E-state index in [2.05, 4.69) is 10.3 Å². The molecule has 0 bridgehead atoms. The lowest BCUT2D eigenvalue weighted by atomic mass is 10.0. The second kappa shape index (κ2) is 11.3. The smallest absolute Gasteiger partial charge is 0.308 e. The van der Waals surface area contributed by atoms with Gasteiger partial charge in [0.15, 0.2) is 11.5 Å². The molecule has 0 saturated carbocycles. The largest absolute Gasteiger partial charge is 0.493 e. The minimum absolute atomic E-state index is 0.0670. The molecule has 1 N–H and O–H groups in total. The van der Waals surface area contributed by atoms with Gasteiger partial charge >= 0.3 is 5.97 Å². The molecule has 0 spiro atoms. The molecule has 0 saturated heterocycles. The zero-order valence-corrected chi connectivity index (χ0v) is 19.1. The number of hydrogen-bond donors (Lipinski definition) is 1. The highest BCUT2D eigenvalue weighted by atomic mass is 32.1. The van der Waals surface area contributed by atoms with Gasteiger partial charge in [-0.15, -0.1) is 11.3 Å². The Morgan fingerprint density at radius 3 is 2.50 bits per heavy atom. The molecule has 0 aliphatic rings. The summed E-state index contributed by atoms with van der Waals surface area (Å²) in [6, 6.07) is 14.5. The standard InChI is InChI=1S/C24H26N2O5S/c1-4-31-23(28)14-19(16-8-6-5-7-9-16)26-22(27)13-18-15-32-24(25-18)17-10-11-20(29-2)21(12-17)30-3/h5-12,15,19H,4,13-14H2,1-3H3,(H,26,27). The Morgan fingerprint density at radius 1 is 1.06 bits per heavy atom. The zero-order valence-electron chi connectivity index (χ0n) is 18.3. The summed E-state index contributed by atoms with van der Waals surface area (Å²) in [6.07, 6.45) is 0.174. The fraction of sp³-hybridized carbons (Fsp3) is 0.292. The first-order valence-electron chi connectivity index (χ1n) is 10.2. The van der Waals surface area contributed by atoms with Gasteiger partial charge in [0, 0.05) is 10.9 Å². The first-order valence-corrected chi connectivity index (χ1v) is 11.1. The number of carbonyl (C=O) groups excluding carboxylic acids is 2. The van der Waals surface area contributed by atoms with Crippen LogP contribution in [0.2, 0.25) is 0 Å². The lowest BCUT2D eigenvalue weighted by Gasteiger charge is -2.18. The molecule has 0 aliphatic carbocycles. The van der Waals surface area contributed by atoms with E-state index < -0.39 is 6.04 Å².